The second-order valence-electron chi connectivity index (χ2n) is 9.76. The van der Waals surface area contributed by atoms with E-state index in [-0.39, 0.29) is 30.1 Å². The summed E-state index contributed by atoms with van der Waals surface area (Å²) < 4.78 is 30.5. The molecule has 7 nitrogen and oxygen atoms in total. The maximum absolute atomic E-state index is 14.6. The summed E-state index contributed by atoms with van der Waals surface area (Å²) in [5.74, 6) is -1.47. The summed E-state index contributed by atoms with van der Waals surface area (Å²) in [6, 6.07) is 18.6. The lowest BCUT2D eigenvalue weighted by molar-refractivity contribution is -0.140. The van der Waals surface area contributed by atoms with Crippen molar-refractivity contribution in [3.05, 3.63) is 102 Å². The van der Waals surface area contributed by atoms with E-state index in [1.165, 1.54) is 6.07 Å². The van der Waals surface area contributed by atoms with Crippen LogP contribution >= 0.6 is 0 Å². The highest BCUT2D eigenvalue weighted by Gasteiger charge is 2.12. The minimum atomic E-state index is -0.655. The maximum Gasteiger partial charge on any atom is 0.335 e. The van der Waals surface area contributed by atoms with Crippen LogP contribution < -0.4 is 4.74 Å². The minimum absolute atomic E-state index is 0.0191. The van der Waals surface area contributed by atoms with Crippen molar-refractivity contribution in [3.8, 4) is 28.0 Å². The number of hydrogen-bond acceptors (Lipinski definition) is 7. The molecule has 0 radical (unpaired) electrons. The van der Waals surface area contributed by atoms with Gasteiger partial charge in [0.15, 0.2) is 11.6 Å². The summed E-state index contributed by atoms with van der Waals surface area (Å²) in [5, 5.41) is 18.1. The number of esters is 2. The second-order valence-corrected chi connectivity index (χ2v) is 9.76. The molecule has 3 aromatic rings. The number of aliphatic hydroxyl groups excluding tert-OH is 2. The van der Waals surface area contributed by atoms with Crippen LogP contribution in [-0.2, 0) is 31.9 Å². The highest BCUT2D eigenvalue weighted by molar-refractivity contribution is 5.88. The first-order chi connectivity index (χ1) is 20.2. The van der Waals surface area contributed by atoms with Crippen LogP contribution in [0.5, 0.6) is 5.75 Å². The summed E-state index contributed by atoms with van der Waals surface area (Å²) in [7, 11) is 0. The van der Waals surface area contributed by atoms with Crippen LogP contribution in [0.15, 0.2) is 85.0 Å². The molecular formula is C34H37FO7. The van der Waals surface area contributed by atoms with E-state index in [9.17, 15) is 14.0 Å². The Balaban J connectivity index is 1.79. The fraction of sp³-hybridized carbons (Fsp3) is 0.294. The number of ether oxygens (including phenoxy) is 3. The molecule has 0 spiro atoms. The van der Waals surface area contributed by atoms with Gasteiger partial charge in [-0.05, 0) is 51.9 Å². The first-order valence-electron chi connectivity index (χ1n) is 13.8. The van der Waals surface area contributed by atoms with Gasteiger partial charge in [-0.15, -0.1) is 0 Å². The molecule has 0 amide bonds. The fourth-order valence-corrected chi connectivity index (χ4v) is 4.05. The van der Waals surface area contributed by atoms with Gasteiger partial charge in [0.2, 0.25) is 0 Å². The lowest BCUT2D eigenvalue weighted by atomic mass is 9.95. The number of carbonyl (C=O) groups excluding carboxylic acids is 2. The van der Waals surface area contributed by atoms with Crippen molar-refractivity contribution in [2.24, 2.45) is 0 Å². The van der Waals surface area contributed by atoms with Crippen LogP contribution in [0.25, 0.3) is 22.3 Å². The summed E-state index contributed by atoms with van der Waals surface area (Å²) >= 11 is 0. The zero-order chi connectivity index (χ0) is 30.5. The van der Waals surface area contributed by atoms with Crippen molar-refractivity contribution in [3.63, 3.8) is 0 Å². The van der Waals surface area contributed by atoms with E-state index < -0.39 is 31.0 Å². The van der Waals surface area contributed by atoms with Crippen LogP contribution in [0.4, 0.5) is 4.39 Å². The average Bonchev–Trinajstić information content (AvgIpc) is 3.00. The fourth-order valence-electron chi connectivity index (χ4n) is 4.05. The van der Waals surface area contributed by atoms with Gasteiger partial charge in [-0.25, -0.2) is 14.0 Å². The summed E-state index contributed by atoms with van der Waals surface area (Å²) in [4.78, 5) is 23.7. The third-order valence-electron chi connectivity index (χ3n) is 6.50. The smallest absolute Gasteiger partial charge is 0.335 e. The van der Waals surface area contributed by atoms with Crippen molar-refractivity contribution in [2.45, 2.75) is 32.6 Å². The second kappa shape index (κ2) is 16.2. The van der Waals surface area contributed by atoms with Crippen molar-refractivity contribution in [1.82, 2.24) is 0 Å². The predicted octanol–water partition coefficient (Wildman–Crippen LogP) is 5.61. The minimum Gasteiger partial charge on any atom is -0.491 e. The SMILES string of the molecule is C=C(CO)C(=O)OCCc1cc(CCOC(=O)C(=C)CO)cc(-c2ccc(-c3ccc(OCCCC)c(F)c3)cc2)c1. The normalized spacial score (nSPS) is 10.7. The molecule has 0 unspecified atom stereocenters. The van der Waals surface area contributed by atoms with Crippen LogP contribution in [0, 0.1) is 5.82 Å². The molecule has 0 saturated heterocycles. The van der Waals surface area contributed by atoms with Crippen LogP contribution in [0.2, 0.25) is 0 Å². The Labute approximate surface area is 245 Å². The van der Waals surface area contributed by atoms with Crippen molar-refractivity contribution >= 4 is 11.9 Å². The first-order valence-corrected chi connectivity index (χ1v) is 13.8. The monoisotopic (exact) mass is 576 g/mol. The van der Waals surface area contributed by atoms with Gasteiger partial charge in [0, 0.05) is 12.8 Å². The van der Waals surface area contributed by atoms with Gasteiger partial charge in [-0.2, -0.15) is 0 Å². The van der Waals surface area contributed by atoms with E-state index in [0.717, 1.165) is 46.2 Å². The molecule has 0 heterocycles. The zero-order valence-corrected chi connectivity index (χ0v) is 23.9. The molecule has 0 bridgehead atoms. The van der Waals surface area contributed by atoms with Gasteiger partial charge >= 0.3 is 11.9 Å². The molecule has 0 aliphatic rings. The molecule has 0 aliphatic carbocycles. The highest BCUT2D eigenvalue weighted by atomic mass is 19.1. The van der Waals surface area contributed by atoms with Crippen molar-refractivity contribution < 1.29 is 38.4 Å². The Kier molecular flexibility index (Phi) is 12.5. The molecule has 3 rings (SSSR count). The Morgan fingerprint density at radius 1 is 0.714 bits per heavy atom. The van der Waals surface area contributed by atoms with E-state index in [0.29, 0.717) is 19.4 Å². The largest absolute Gasteiger partial charge is 0.491 e. The predicted molar refractivity (Wildman–Crippen MR) is 159 cm³/mol. The van der Waals surface area contributed by atoms with Crippen molar-refractivity contribution in [2.75, 3.05) is 33.0 Å². The van der Waals surface area contributed by atoms with E-state index in [2.05, 4.69) is 13.2 Å². The first kappa shape index (κ1) is 32.2. The molecule has 0 atom stereocenters. The zero-order valence-electron chi connectivity index (χ0n) is 23.9. The highest BCUT2D eigenvalue weighted by Crippen LogP contribution is 2.29. The number of carbonyl (C=O) groups is 2. The Bertz CT molecular complexity index is 1340. The number of hydrogen-bond donors (Lipinski definition) is 2. The summed E-state index contributed by atoms with van der Waals surface area (Å²) in [6.07, 6.45) is 2.66. The standard InChI is InChI=1S/C34H37FO7/c1-4-5-14-40-32-11-10-29(20-31(32)35)27-6-8-28(9-7-27)30-18-25(12-15-41-33(38)23(2)21-36)17-26(19-30)13-16-42-34(39)24(3)22-37/h6-11,17-20,36-37H,2-5,12-16,21-22H2,1H3. The molecule has 0 aliphatic heterocycles. The van der Waals surface area contributed by atoms with Gasteiger partial charge in [-0.1, -0.05) is 75.0 Å². The van der Waals surface area contributed by atoms with Gasteiger partial charge < -0.3 is 24.4 Å². The number of aliphatic hydroxyl groups is 2. The molecular weight excluding hydrogens is 539 g/mol. The Morgan fingerprint density at radius 3 is 1.69 bits per heavy atom. The van der Waals surface area contributed by atoms with Gasteiger partial charge in [0.1, 0.15) is 0 Å². The van der Waals surface area contributed by atoms with Crippen LogP contribution in [0.3, 0.4) is 0 Å². The average molecular weight is 577 g/mol. The van der Waals surface area contributed by atoms with E-state index in [4.69, 9.17) is 24.4 Å². The number of halogens is 1. The molecule has 2 N–H and O–H groups in total. The van der Waals surface area contributed by atoms with Crippen LogP contribution in [0.1, 0.15) is 30.9 Å². The molecule has 42 heavy (non-hydrogen) atoms. The Hall–Kier alpha value is -4.27. The topological polar surface area (TPSA) is 102 Å². The lowest BCUT2D eigenvalue weighted by Gasteiger charge is -2.13. The molecule has 0 saturated carbocycles. The van der Waals surface area contributed by atoms with Crippen molar-refractivity contribution in [1.29, 1.82) is 0 Å². The number of benzene rings is 3. The summed E-state index contributed by atoms with van der Waals surface area (Å²) in [6.45, 7) is 8.71. The summed E-state index contributed by atoms with van der Waals surface area (Å²) in [5.41, 5.74) is 5.13. The lowest BCUT2D eigenvalue weighted by Crippen LogP contribution is -2.13. The third-order valence-corrected chi connectivity index (χ3v) is 6.50. The molecule has 8 heteroatoms. The van der Waals surface area contributed by atoms with E-state index >= 15 is 0 Å². The quantitative estimate of drug-likeness (QED) is 0.130. The van der Waals surface area contributed by atoms with E-state index in [1.807, 2.05) is 55.5 Å². The van der Waals surface area contributed by atoms with Gasteiger partial charge in [0.05, 0.1) is 44.2 Å². The van der Waals surface area contributed by atoms with Gasteiger partial charge in [-0.3, -0.25) is 0 Å². The number of rotatable bonds is 16. The molecule has 0 fully saturated rings. The van der Waals surface area contributed by atoms with E-state index in [1.54, 1.807) is 6.07 Å². The molecule has 222 valence electrons. The molecule has 3 aromatic carbocycles. The Morgan fingerprint density at radius 2 is 1.21 bits per heavy atom. The maximum atomic E-state index is 14.6. The molecule has 0 aromatic heterocycles. The third kappa shape index (κ3) is 9.39. The van der Waals surface area contributed by atoms with Gasteiger partial charge in [0.25, 0.3) is 0 Å². The number of unbranched alkanes of at least 4 members (excludes halogenated alkanes) is 1. The van der Waals surface area contributed by atoms with Crippen LogP contribution in [-0.4, -0.2) is 55.2 Å².